The Morgan fingerprint density at radius 1 is 0.685 bits per heavy atom. The number of carbonyl (C=O) groups excluding carboxylic acids is 2. The van der Waals surface area contributed by atoms with E-state index in [-0.39, 0.29) is 42.0 Å². The van der Waals surface area contributed by atoms with E-state index in [1.165, 1.54) is 0 Å². The second-order valence-electron chi connectivity index (χ2n) is 14.7. The van der Waals surface area contributed by atoms with Gasteiger partial charge in [-0.3, -0.25) is 28.9 Å². The molecule has 3 fully saturated rings. The van der Waals surface area contributed by atoms with Crippen LogP contribution in [0.5, 0.6) is 0 Å². The number of amides is 2. The summed E-state index contributed by atoms with van der Waals surface area (Å²) < 4.78 is 15.3. The molecule has 7 rings (SSSR count). The fourth-order valence-electron chi connectivity index (χ4n) is 6.54. The second-order valence-corrected chi connectivity index (χ2v) is 16.0. The number of halogens is 3. The molecule has 0 aliphatic carbocycles. The quantitative estimate of drug-likeness (QED) is 0.262. The molecule has 3 aliphatic heterocycles. The van der Waals surface area contributed by atoms with Crippen molar-refractivity contribution in [3.05, 3.63) is 64.6 Å². The topological polar surface area (TPSA) is 173 Å². The molecule has 0 spiro atoms. The number of pyridine rings is 2. The van der Waals surface area contributed by atoms with Gasteiger partial charge in [-0.1, -0.05) is 34.8 Å². The summed E-state index contributed by atoms with van der Waals surface area (Å²) in [6, 6.07) is 0. The number of primary amides is 2. The fourth-order valence-corrected chi connectivity index (χ4v) is 7.43. The van der Waals surface area contributed by atoms with Gasteiger partial charge in [0.15, 0.2) is 0 Å². The van der Waals surface area contributed by atoms with Crippen LogP contribution in [0, 0.1) is 11.8 Å². The Balaban J connectivity index is 0.000000159. The summed E-state index contributed by atoms with van der Waals surface area (Å²) in [4.78, 5) is 34.8. The number of rotatable bonds is 6. The largest absolute Gasteiger partial charge is 0.498 e. The fraction of sp³-hybridized carbons (Fsp3) is 0.500. The Kier molecular flexibility index (Phi) is 13.2. The minimum atomic E-state index is -0.302. The lowest BCUT2D eigenvalue weighted by molar-refractivity contribution is -0.123. The summed E-state index contributed by atoms with van der Waals surface area (Å²) in [5, 5.41) is 10.0. The zero-order valence-electron chi connectivity index (χ0n) is 31.5. The first-order chi connectivity index (χ1) is 25.5. The predicted octanol–water partition coefficient (Wildman–Crippen LogP) is 4.65. The molecule has 4 N–H and O–H groups in total. The van der Waals surface area contributed by atoms with Crippen LogP contribution in [0.4, 0.5) is 11.4 Å². The first-order valence-corrected chi connectivity index (χ1v) is 18.9. The highest BCUT2D eigenvalue weighted by Gasteiger charge is 2.52. The number of hydrogen-bond donors (Lipinski definition) is 2. The molecule has 2 amide bonds. The summed E-state index contributed by atoms with van der Waals surface area (Å²) in [5.41, 5.74) is 14.8. The van der Waals surface area contributed by atoms with Gasteiger partial charge in [0.1, 0.15) is 0 Å². The monoisotopic (exact) mass is 800 g/mol. The average molecular weight is 802 g/mol. The minimum Gasteiger partial charge on any atom is -0.399 e. The Labute approximate surface area is 331 Å². The second kappa shape index (κ2) is 17.3. The van der Waals surface area contributed by atoms with E-state index in [2.05, 4.69) is 30.0 Å². The van der Waals surface area contributed by atoms with E-state index in [1.807, 2.05) is 54.2 Å². The molecule has 0 aromatic carbocycles. The summed E-state index contributed by atoms with van der Waals surface area (Å²) in [7, 11) is 3.46. The van der Waals surface area contributed by atoms with Crippen molar-refractivity contribution >= 4 is 70.6 Å². The Bertz CT molecular complexity index is 1890. The number of aromatic nitrogens is 6. The van der Waals surface area contributed by atoms with E-state index >= 15 is 0 Å². The van der Waals surface area contributed by atoms with Gasteiger partial charge in [-0.15, -0.1) is 0 Å². The van der Waals surface area contributed by atoms with Crippen molar-refractivity contribution in [2.45, 2.75) is 64.6 Å². The van der Waals surface area contributed by atoms with Crippen molar-refractivity contribution in [1.29, 1.82) is 0 Å². The van der Waals surface area contributed by atoms with Gasteiger partial charge < -0.3 is 30.6 Å². The normalized spacial score (nSPS) is 18.4. The number of aryl methyl sites for hydroxylation is 2. The van der Waals surface area contributed by atoms with Crippen LogP contribution in [0.3, 0.4) is 0 Å². The van der Waals surface area contributed by atoms with Crippen molar-refractivity contribution in [3.8, 4) is 11.1 Å². The zero-order valence-corrected chi connectivity index (χ0v) is 33.8. The van der Waals surface area contributed by atoms with Crippen molar-refractivity contribution in [1.82, 2.24) is 29.5 Å². The van der Waals surface area contributed by atoms with Gasteiger partial charge in [0.2, 0.25) is 11.8 Å². The molecule has 4 aromatic heterocycles. The van der Waals surface area contributed by atoms with E-state index < -0.39 is 0 Å². The van der Waals surface area contributed by atoms with Gasteiger partial charge in [-0.2, -0.15) is 10.2 Å². The highest BCUT2D eigenvalue weighted by atomic mass is 35.5. The molecule has 0 radical (unpaired) electrons. The first kappa shape index (κ1) is 41.3. The van der Waals surface area contributed by atoms with E-state index in [1.54, 1.807) is 46.5 Å². The van der Waals surface area contributed by atoms with Gasteiger partial charge in [-0.05, 0) is 53.4 Å². The molecule has 0 saturated carbocycles. The van der Waals surface area contributed by atoms with Crippen LogP contribution in [0.25, 0.3) is 11.1 Å². The van der Waals surface area contributed by atoms with Crippen molar-refractivity contribution in [2.75, 3.05) is 36.0 Å². The van der Waals surface area contributed by atoms with Gasteiger partial charge in [0, 0.05) is 112 Å². The lowest BCUT2D eigenvalue weighted by atomic mass is 9.82. The minimum absolute atomic E-state index is 0.0364. The SMILES string of the molecule is Cn1cc(-c2cncc(Cl)c2N2CCC(C(N)=O)CC2)cn1.Cn1cc(B2OC(C)(C)C(C)(C)O2)cn1.NC(=O)C1CCN(c2c(Cl)cncc2Cl)CC1. The molecular formula is C36H48BCl3N10O4. The van der Waals surface area contributed by atoms with Crippen LogP contribution in [-0.2, 0) is 33.0 Å². The number of anilines is 2. The van der Waals surface area contributed by atoms with Gasteiger partial charge >= 0.3 is 7.12 Å². The van der Waals surface area contributed by atoms with Gasteiger partial charge in [-0.25, -0.2) is 0 Å². The molecule has 0 unspecified atom stereocenters. The summed E-state index contributed by atoms with van der Waals surface area (Å²) in [6.07, 6.45) is 17.0. The van der Waals surface area contributed by atoms with E-state index in [0.29, 0.717) is 15.1 Å². The maximum atomic E-state index is 11.3. The number of hydrogen-bond acceptors (Lipinski definition) is 10. The number of nitrogens with two attached hydrogens (primary N) is 2. The highest BCUT2D eigenvalue weighted by molar-refractivity contribution is 6.62. The standard InChI is InChI=1S/C15H18ClN5O.C11H13Cl2N3O.C10H17BN2O2/c1-20-9-11(6-19-20)12-7-18-8-13(16)14(12)21-4-2-10(3-5-21)15(17)22;12-8-5-15-6-9(13)10(8)16-3-1-7(2-4-16)11(14)17;1-9(2)10(3,4)15-11(14-9)8-6-12-13(5)7-8/h6-10H,2-5H2,1H3,(H2,17,22);5-7H,1-4H2,(H2,14,17);6-7H,1-5H3. The summed E-state index contributed by atoms with van der Waals surface area (Å²) in [5.74, 6) is -0.520. The summed E-state index contributed by atoms with van der Waals surface area (Å²) >= 11 is 18.6. The van der Waals surface area contributed by atoms with E-state index in [0.717, 1.165) is 79.8 Å². The third kappa shape index (κ3) is 9.67. The Morgan fingerprint density at radius 3 is 1.54 bits per heavy atom. The molecule has 0 bridgehead atoms. The third-order valence-corrected chi connectivity index (χ3v) is 11.2. The van der Waals surface area contributed by atoms with Crippen LogP contribution < -0.4 is 26.7 Å². The van der Waals surface area contributed by atoms with E-state index in [4.69, 9.17) is 55.6 Å². The van der Waals surface area contributed by atoms with Crippen molar-refractivity contribution < 1.29 is 18.9 Å². The maximum absolute atomic E-state index is 11.3. The lowest BCUT2D eigenvalue weighted by Gasteiger charge is -2.34. The molecule has 18 heteroatoms. The molecule has 54 heavy (non-hydrogen) atoms. The van der Waals surface area contributed by atoms with Crippen LogP contribution in [0.2, 0.25) is 15.1 Å². The van der Waals surface area contributed by atoms with Gasteiger partial charge in [0.25, 0.3) is 0 Å². The van der Waals surface area contributed by atoms with Crippen LogP contribution >= 0.6 is 34.8 Å². The summed E-state index contributed by atoms with van der Waals surface area (Å²) in [6.45, 7) is 11.2. The first-order valence-electron chi connectivity index (χ1n) is 17.8. The maximum Gasteiger partial charge on any atom is 0.498 e. The number of carbonyl (C=O) groups is 2. The third-order valence-electron chi connectivity index (χ3n) is 10.4. The van der Waals surface area contributed by atoms with Crippen LogP contribution in [0.15, 0.2) is 49.6 Å². The van der Waals surface area contributed by atoms with Crippen LogP contribution in [-0.4, -0.2) is 85.8 Å². The Hall–Kier alpha value is -3.89. The highest BCUT2D eigenvalue weighted by Crippen LogP contribution is 2.39. The van der Waals surface area contributed by atoms with Crippen molar-refractivity contribution in [2.24, 2.45) is 37.4 Å². The van der Waals surface area contributed by atoms with Crippen molar-refractivity contribution in [3.63, 3.8) is 0 Å². The molecule has 14 nitrogen and oxygen atoms in total. The smallest absolute Gasteiger partial charge is 0.399 e. The number of nitrogens with zero attached hydrogens (tertiary/aromatic N) is 8. The molecule has 3 aliphatic rings. The lowest BCUT2D eigenvalue weighted by Crippen LogP contribution is -2.41. The Morgan fingerprint density at radius 2 is 1.11 bits per heavy atom. The number of piperidine rings is 2. The van der Waals surface area contributed by atoms with E-state index in [9.17, 15) is 9.59 Å². The van der Waals surface area contributed by atoms with Gasteiger partial charge in [0.05, 0.1) is 43.8 Å². The zero-order chi connectivity index (χ0) is 39.4. The predicted molar refractivity (Wildman–Crippen MR) is 213 cm³/mol. The average Bonchev–Trinajstić information content (AvgIpc) is 3.81. The molecule has 0 atom stereocenters. The van der Waals surface area contributed by atoms with Crippen LogP contribution in [0.1, 0.15) is 53.4 Å². The molecular weight excluding hydrogens is 754 g/mol. The molecule has 290 valence electrons. The molecule has 4 aromatic rings. The molecule has 3 saturated heterocycles. The molecule has 7 heterocycles.